The fourth-order valence-corrected chi connectivity index (χ4v) is 5.72. The predicted octanol–water partition coefficient (Wildman–Crippen LogP) is 3.93. The number of hydrogen-bond donors (Lipinski definition) is 0. The molecule has 2 heteroatoms. The van der Waals surface area contributed by atoms with Crippen molar-refractivity contribution in [3.8, 4) is 5.75 Å². The molecule has 5 fully saturated rings. The molecular weight excluding hydrogens is 260 g/mol. The second kappa shape index (κ2) is 4.49. The Kier molecular flexibility index (Phi) is 2.67. The molecule has 1 aliphatic heterocycles. The van der Waals surface area contributed by atoms with E-state index in [-0.39, 0.29) is 0 Å². The van der Waals surface area contributed by atoms with E-state index in [0.717, 1.165) is 30.1 Å². The fraction of sp³-hybridized carbons (Fsp3) is 0.684. The third kappa shape index (κ3) is 2.19. The molecule has 21 heavy (non-hydrogen) atoms. The molecule has 0 unspecified atom stereocenters. The van der Waals surface area contributed by atoms with Gasteiger partial charge in [-0.2, -0.15) is 0 Å². The Balaban J connectivity index is 1.36. The Morgan fingerprint density at radius 1 is 0.952 bits per heavy atom. The van der Waals surface area contributed by atoms with E-state index in [4.69, 9.17) is 9.47 Å². The highest BCUT2D eigenvalue weighted by Crippen LogP contribution is 2.60. The minimum absolute atomic E-state index is 0.341. The minimum Gasteiger partial charge on any atom is -0.491 e. The smallest absolute Gasteiger partial charge is 0.119 e. The van der Waals surface area contributed by atoms with Crippen LogP contribution in [-0.4, -0.2) is 19.3 Å². The summed E-state index contributed by atoms with van der Waals surface area (Å²) >= 11 is 0. The van der Waals surface area contributed by atoms with Crippen molar-refractivity contribution in [2.24, 2.45) is 17.8 Å². The lowest BCUT2D eigenvalue weighted by molar-refractivity contribution is -0.00520. The molecule has 4 aliphatic carbocycles. The Morgan fingerprint density at radius 3 is 2.05 bits per heavy atom. The summed E-state index contributed by atoms with van der Waals surface area (Å²) in [4.78, 5) is 0. The molecule has 6 rings (SSSR count). The van der Waals surface area contributed by atoms with Crippen LogP contribution in [0.4, 0.5) is 0 Å². The molecule has 1 heterocycles. The monoisotopic (exact) mass is 284 g/mol. The third-order valence-electron chi connectivity index (χ3n) is 6.34. The molecule has 0 radical (unpaired) electrons. The van der Waals surface area contributed by atoms with Gasteiger partial charge in [0.1, 0.15) is 18.5 Å². The number of ether oxygens (including phenoxy) is 2. The van der Waals surface area contributed by atoms with Crippen LogP contribution in [0.5, 0.6) is 5.75 Å². The summed E-state index contributed by atoms with van der Waals surface area (Å²) in [7, 11) is 0. The second-order valence-corrected chi connectivity index (χ2v) is 7.99. The van der Waals surface area contributed by atoms with Gasteiger partial charge in [0.15, 0.2) is 0 Å². The van der Waals surface area contributed by atoms with Crippen LogP contribution < -0.4 is 4.74 Å². The van der Waals surface area contributed by atoms with E-state index in [1.54, 1.807) is 5.56 Å². The van der Waals surface area contributed by atoms with E-state index in [0.29, 0.717) is 18.1 Å². The standard InChI is InChI=1S/C19H24O2/c1-3-17(20-11-18-12-21-18)4-2-16(1)19-8-13-5-14(9-19)7-15(6-13)10-19/h1-4,13-15,18H,5-12H2/t13?,14?,15?,18-,19?/m0/s1. The molecule has 0 amide bonds. The molecule has 1 atom stereocenters. The van der Waals surface area contributed by atoms with Gasteiger partial charge in [-0.3, -0.25) is 0 Å². The maximum Gasteiger partial charge on any atom is 0.119 e. The highest BCUT2D eigenvalue weighted by atomic mass is 16.6. The van der Waals surface area contributed by atoms with E-state index in [1.807, 2.05) is 0 Å². The first kappa shape index (κ1) is 12.5. The lowest BCUT2D eigenvalue weighted by Crippen LogP contribution is -2.48. The summed E-state index contributed by atoms with van der Waals surface area (Å²) in [6.45, 7) is 1.57. The van der Waals surface area contributed by atoms with E-state index in [9.17, 15) is 0 Å². The van der Waals surface area contributed by atoms with Gasteiger partial charge in [-0.05, 0) is 79.4 Å². The van der Waals surface area contributed by atoms with Crippen LogP contribution in [0.2, 0.25) is 0 Å². The number of hydrogen-bond acceptors (Lipinski definition) is 2. The average molecular weight is 284 g/mol. The summed E-state index contributed by atoms with van der Waals surface area (Å²) in [6, 6.07) is 9.04. The predicted molar refractivity (Wildman–Crippen MR) is 81.5 cm³/mol. The summed E-state index contributed by atoms with van der Waals surface area (Å²) in [5.41, 5.74) is 2.09. The van der Waals surface area contributed by atoms with Gasteiger partial charge in [-0.15, -0.1) is 0 Å². The Hall–Kier alpha value is -1.02. The summed E-state index contributed by atoms with van der Waals surface area (Å²) in [5.74, 6) is 4.04. The first-order chi connectivity index (χ1) is 10.3. The molecule has 5 aliphatic rings. The van der Waals surface area contributed by atoms with Crippen molar-refractivity contribution in [3.05, 3.63) is 29.8 Å². The minimum atomic E-state index is 0.341. The van der Waals surface area contributed by atoms with Gasteiger partial charge in [0.05, 0.1) is 6.61 Å². The Morgan fingerprint density at radius 2 is 1.52 bits per heavy atom. The van der Waals surface area contributed by atoms with Crippen molar-refractivity contribution >= 4 is 0 Å². The Labute approximate surface area is 126 Å². The molecule has 0 spiro atoms. The molecule has 0 N–H and O–H groups in total. The van der Waals surface area contributed by atoms with Gasteiger partial charge in [-0.25, -0.2) is 0 Å². The molecule has 1 aromatic carbocycles. The van der Waals surface area contributed by atoms with Crippen molar-refractivity contribution in [3.63, 3.8) is 0 Å². The molecule has 1 aromatic rings. The highest BCUT2D eigenvalue weighted by molar-refractivity contribution is 5.34. The molecule has 4 saturated carbocycles. The number of rotatable bonds is 4. The van der Waals surface area contributed by atoms with Crippen LogP contribution in [0.3, 0.4) is 0 Å². The SMILES string of the molecule is c1cc(C23CC4CC(CC(C4)C2)C3)ccc1OC[C@H]1CO1. The quantitative estimate of drug-likeness (QED) is 0.781. The van der Waals surface area contributed by atoms with E-state index in [1.165, 1.54) is 38.5 Å². The van der Waals surface area contributed by atoms with Gasteiger partial charge in [0.25, 0.3) is 0 Å². The number of benzene rings is 1. The van der Waals surface area contributed by atoms with Crippen LogP contribution in [0.15, 0.2) is 24.3 Å². The maximum atomic E-state index is 5.78. The topological polar surface area (TPSA) is 21.8 Å². The molecule has 1 saturated heterocycles. The van der Waals surface area contributed by atoms with Gasteiger partial charge < -0.3 is 9.47 Å². The third-order valence-corrected chi connectivity index (χ3v) is 6.34. The molecule has 4 bridgehead atoms. The van der Waals surface area contributed by atoms with E-state index >= 15 is 0 Å². The summed E-state index contributed by atoms with van der Waals surface area (Å²) in [5, 5.41) is 0. The van der Waals surface area contributed by atoms with Crippen LogP contribution in [-0.2, 0) is 10.2 Å². The van der Waals surface area contributed by atoms with Crippen LogP contribution in [0.1, 0.15) is 44.1 Å². The lowest BCUT2D eigenvalue weighted by Gasteiger charge is -2.57. The molecule has 0 aromatic heterocycles. The first-order valence-electron chi connectivity index (χ1n) is 8.64. The lowest BCUT2D eigenvalue weighted by atomic mass is 9.48. The zero-order chi connectivity index (χ0) is 13.9. The van der Waals surface area contributed by atoms with Crippen molar-refractivity contribution in [2.45, 2.75) is 50.0 Å². The van der Waals surface area contributed by atoms with Gasteiger partial charge in [0.2, 0.25) is 0 Å². The second-order valence-electron chi connectivity index (χ2n) is 7.99. The summed E-state index contributed by atoms with van der Waals surface area (Å²) < 4.78 is 11.0. The van der Waals surface area contributed by atoms with Gasteiger partial charge in [-0.1, -0.05) is 12.1 Å². The zero-order valence-corrected chi connectivity index (χ0v) is 12.6. The van der Waals surface area contributed by atoms with Crippen molar-refractivity contribution in [2.75, 3.05) is 13.2 Å². The first-order valence-corrected chi connectivity index (χ1v) is 8.64. The van der Waals surface area contributed by atoms with Crippen LogP contribution in [0.25, 0.3) is 0 Å². The van der Waals surface area contributed by atoms with Crippen molar-refractivity contribution < 1.29 is 9.47 Å². The number of epoxide rings is 1. The average Bonchev–Trinajstić information content (AvgIpc) is 3.28. The van der Waals surface area contributed by atoms with Crippen LogP contribution >= 0.6 is 0 Å². The Bertz CT molecular complexity index is 494. The highest BCUT2D eigenvalue weighted by Gasteiger charge is 2.51. The maximum absolute atomic E-state index is 5.78. The summed E-state index contributed by atoms with van der Waals surface area (Å²) in [6.07, 6.45) is 9.21. The molecule has 2 nitrogen and oxygen atoms in total. The van der Waals surface area contributed by atoms with Gasteiger partial charge in [0, 0.05) is 0 Å². The molecule has 112 valence electrons. The normalized spacial score (nSPS) is 43.0. The van der Waals surface area contributed by atoms with E-state index in [2.05, 4.69) is 24.3 Å². The molecular formula is C19H24O2. The fourth-order valence-electron chi connectivity index (χ4n) is 5.72. The largest absolute Gasteiger partial charge is 0.491 e. The van der Waals surface area contributed by atoms with Gasteiger partial charge >= 0.3 is 0 Å². The van der Waals surface area contributed by atoms with Crippen molar-refractivity contribution in [1.29, 1.82) is 0 Å². The van der Waals surface area contributed by atoms with E-state index < -0.39 is 0 Å². The van der Waals surface area contributed by atoms with Crippen LogP contribution in [0, 0.1) is 17.8 Å². The zero-order valence-electron chi connectivity index (χ0n) is 12.6. The van der Waals surface area contributed by atoms with Crippen molar-refractivity contribution in [1.82, 2.24) is 0 Å².